The van der Waals surface area contributed by atoms with Gasteiger partial charge in [0.1, 0.15) is 12.4 Å². The van der Waals surface area contributed by atoms with Crippen LogP contribution >= 0.6 is 12.4 Å². The van der Waals surface area contributed by atoms with Gasteiger partial charge < -0.3 is 15.0 Å². The van der Waals surface area contributed by atoms with Gasteiger partial charge in [0, 0.05) is 31.2 Å². The molecule has 0 unspecified atom stereocenters. The predicted molar refractivity (Wildman–Crippen MR) is 103 cm³/mol. The zero-order chi connectivity index (χ0) is 16.9. The molecule has 0 saturated carbocycles. The molecule has 1 N–H and O–H groups in total. The van der Waals surface area contributed by atoms with Gasteiger partial charge in [0.2, 0.25) is 0 Å². The van der Waals surface area contributed by atoms with Gasteiger partial charge in [-0.15, -0.1) is 12.4 Å². The molecule has 0 aromatic heterocycles. The molecule has 25 heavy (non-hydrogen) atoms. The van der Waals surface area contributed by atoms with Crippen molar-refractivity contribution in [1.82, 2.24) is 10.2 Å². The number of rotatable bonds is 4. The fourth-order valence-corrected chi connectivity index (χ4v) is 3.00. The van der Waals surface area contributed by atoms with Gasteiger partial charge >= 0.3 is 0 Å². The number of nitrogens with zero attached hydrogens (tertiary/aromatic N) is 1. The van der Waals surface area contributed by atoms with Gasteiger partial charge in [0.15, 0.2) is 0 Å². The summed E-state index contributed by atoms with van der Waals surface area (Å²) in [6.45, 7) is 7.08. The van der Waals surface area contributed by atoms with Gasteiger partial charge in [-0.1, -0.05) is 35.9 Å². The molecule has 4 nitrogen and oxygen atoms in total. The second kappa shape index (κ2) is 8.88. The second-order valence-electron chi connectivity index (χ2n) is 6.36. The minimum Gasteiger partial charge on any atom is -0.489 e. The first-order chi connectivity index (χ1) is 11.6. The van der Waals surface area contributed by atoms with Crippen molar-refractivity contribution < 1.29 is 9.53 Å². The van der Waals surface area contributed by atoms with Crippen molar-refractivity contribution in [2.45, 2.75) is 26.5 Å². The number of halogens is 1. The van der Waals surface area contributed by atoms with E-state index in [2.05, 4.69) is 31.3 Å². The van der Waals surface area contributed by atoms with E-state index < -0.39 is 0 Å². The van der Waals surface area contributed by atoms with Gasteiger partial charge in [0.05, 0.1) is 0 Å². The van der Waals surface area contributed by atoms with Gasteiger partial charge in [-0.25, -0.2) is 0 Å². The molecule has 134 valence electrons. The number of hydrogen-bond donors (Lipinski definition) is 1. The third-order valence-electron chi connectivity index (χ3n) is 4.33. The Morgan fingerprint density at radius 2 is 2.04 bits per heavy atom. The number of amides is 1. The molecule has 3 rings (SSSR count). The van der Waals surface area contributed by atoms with Crippen LogP contribution < -0.4 is 10.1 Å². The molecule has 0 aliphatic carbocycles. The van der Waals surface area contributed by atoms with Crippen molar-refractivity contribution in [3.8, 4) is 5.75 Å². The Kier molecular flexibility index (Phi) is 6.85. The van der Waals surface area contributed by atoms with Crippen LogP contribution in [0.25, 0.3) is 0 Å². The fraction of sp³-hybridized carbons (Fsp3) is 0.350. The number of ether oxygens (including phenoxy) is 1. The number of carbonyl (C=O) groups excluding carboxylic acids is 1. The van der Waals surface area contributed by atoms with E-state index in [-0.39, 0.29) is 24.4 Å². The van der Waals surface area contributed by atoms with Crippen LogP contribution in [0.3, 0.4) is 0 Å². The molecule has 1 fully saturated rings. The summed E-state index contributed by atoms with van der Waals surface area (Å²) in [5.74, 6) is 0.801. The van der Waals surface area contributed by atoms with E-state index in [9.17, 15) is 4.79 Å². The van der Waals surface area contributed by atoms with Crippen LogP contribution in [0.4, 0.5) is 0 Å². The molecule has 5 heteroatoms. The van der Waals surface area contributed by atoms with E-state index in [4.69, 9.17) is 4.74 Å². The van der Waals surface area contributed by atoms with E-state index in [1.165, 1.54) is 5.56 Å². The molecule has 2 aromatic rings. The highest BCUT2D eigenvalue weighted by Crippen LogP contribution is 2.18. The summed E-state index contributed by atoms with van der Waals surface area (Å²) in [5.41, 5.74) is 3.03. The van der Waals surface area contributed by atoms with Crippen LogP contribution in [-0.4, -0.2) is 36.5 Å². The van der Waals surface area contributed by atoms with Crippen molar-refractivity contribution in [1.29, 1.82) is 0 Å². The Labute approximate surface area is 155 Å². The fourth-order valence-electron chi connectivity index (χ4n) is 3.00. The quantitative estimate of drug-likeness (QED) is 0.908. The molecular weight excluding hydrogens is 336 g/mol. The Hall–Kier alpha value is -2.04. The average Bonchev–Trinajstić information content (AvgIpc) is 2.60. The lowest BCUT2D eigenvalue weighted by Crippen LogP contribution is -2.52. The monoisotopic (exact) mass is 360 g/mol. The van der Waals surface area contributed by atoms with Crippen LogP contribution in [0.5, 0.6) is 5.75 Å². The Balaban J connectivity index is 0.00000225. The molecular formula is C20H25ClN2O2. The first-order valence-corrected chi connectivity index (χ1v) is 8.43. The Morgan fingerprint density at radius 3 is 2.80 bits per heavy atom. The van der Waals surface area contributed by atoms with Crippen molar-refractivity contribution in [2.24, 2.45) is 0 Å². The molecule has 0 bridgehead atoms. The summed E-state index contributed by atoms with van der Waals surface area (Å²) < 4.78 is 5.87. The topological polar surface area (TPSA) is 41.6 Å². The standard InChI is InChI=1S/C20H24N2O2.ClH/c1-15-5-3-6-17(11-15)14-24-19-8-4-7-18(12-19)20(23)22-10-9-21-13-16(22)2;/h3-8,11-12,16,21H,9-10,13-14H2,1-2H3;1H/t16-;/m1./s1. The molecule has 1 saturated heterocycles. The van der Waals surface area contributed by atoms with E-state index >= 15 is 0 Å². The molecule has 1 heterocycles. The number of nitrogens with one attached hydrogen (secondary N) is 1. The van der Waals surface area contributed by atoms with E-state index in [0.29, 0.717) is 12.2 Å². The normalized spacial score (nSPS) is 16.9. The molecule has 1 amide bonds. The molecule has 2 aromatic carbocycles. The third kappa shape index (κ3) is 4.97. The SMILES string of the molecule is Cc1cccc(COc2cccc(C(=O)N3CCNC[C@H]3C)c2)c1.Cl. The number of hydrogen-bond acceptors (Lipinski definition) is 3. The summed E-state index contributed by atoms with van der Waals surface area (Å²) in [5, 5.41) is 3.31. The highest BCUT2D eigenvalue weighted by atomic mass is 35.5. The number of carbonyl (C=O) groups is 1. The van der Waals surface area contributed by atoms with Crippen molar-refractivity contribution in [3.05, 3.63) is 65.2 Å². The van der Waals surface area contributed by atoms with Crippen LogP contribution in [0.1, 0.15) is 28.4 Å². The summed E-state index contributed by atoms with van der Waals surface area (Å²) in [7, 11) is 0. The third-order valence-corrected chi connectivity index (χ3v) is 4.33. The van der Waals surface area contributed by atoms with Gasteiger partial charge in [-0.3, -0.25) is 4.79 Å². The van der Waals surface area contributed by atoms with Crippen LogP contribution in [0, 0.1) is 6.92 Å². The summed E-state index contributed by atoms with van der Waals surface area (Å²) in [4.78, 5) is 14.7. The summed E-state index contributed by atoms with van der Waals surface area (Å²) >= 11 is 0. The largest absolute Gasteiger partial charge is 0.489 e. The lowest BCUT2D eigenvalue weighted by Gasteiger charge is -2.34. The minimum atomic E-state index is 0. The Bertz CT molecular complexity index is 720. The maximum atomic E-state index is 12.7. The molecule has 1 atom stereocenters. The molecule has 0 spiro atoms. The average molecular weight is 361 g/mol. The van der Waals surface area contributed by atoms with Crippen LogP contribution in [0.15, 0.2) is 48.5 Å². The molecule has 0 radical (unpaired) electrons. The highest BCUT2D eigenvalue weighted by Gasteiger charge is 2.24. The smallest absolute Gasteiger partial charge is 0.254 e. The first-order valence-electron chi connectivity index (χ1n) is 8.43. The van der Waals surface area contributed by atoms with Crippen molar-refractivity contribution in [2.75, 3.05) is 19.6 Å². The van der Waals surface area contributed by atoms with Gasteiger partial charge in [-0.05, 0) is 37.6 Å². The van der Waals surface area contributed by atoms with E-state index in [1.807, 2.05) is 41.3 Å². The molecule has 1 aliphatic heterocycles. The van der Waals surface area contributed by atoms with E-state index in [0.717, 1.165) is 30.9 Å². The maximum Gasteiger partial charge on any atom is 0.254 e. The number of benzene rings is 2. The number of aryl methyl sites for hydroxylation is 1. The lowest BCUT2D eigenvalue weighted by molar-refractivity contribution is 0.0655. The second-order valence-corrected chi connectivity index (χ2v) is 6.36. The number of piperazine rings is 1. The van der Waals surface area contributed by atoms with Crippen LogP contribution in [0.2, 0.25) is 0 Å². The molecule has 1 aliphatic rings. The predicted octanol–water partition coefficient (Wildman–Crippen LogP) is 3.43. The van der Waals surface area contributed by atoms with Crippen LogP contribution in [-0.2, 0) is 6.61 Å². The van der Waals surface area contributed by atoms with Gasteiger partial charge in [0.25, 0.3) is 5.91 Å². The zero-order valence-electron chi connectivity index (χ0n) is 14.7. The van der Waals surface area contributed by atoms with Crippen molar-refractivity contribution >= 4 is 18.3 Å². The van der Waals surface area contributed by atoms with E-state index in [1.54, 1.807) is 0 Å². The van der Waals surface area contributed by atoms with Crippen molar-refractivity contribution in [3.63, 3.8) is 0 Å². The summed E-state index contributed by atoms with van der Waals surface area (Å²) in [6, 6.07) is 15.9. The minimum absolute atomic E-state index is 0. The maximum absolute atomic E-state index is 12.7. The zero-order valence-corrected chi connectivity index (χ0v) is 15.5. The first kappa shape index (κ1) is 19.3. The highest BCUT2D eigenvalue weighted by molar-refractivity contribution is 5.94. The summed E-state index contributed by atoms with van der Waals surface area (Å²) in [6.07, 6.45) is 0. The Morgan fingerprint density at radius 1 is 1.24 bits per heavy atom. The van der Waals surface area contributed by atoms with Gasteiger partial charge in [-0.2, -0.15) is 0 Å². The lowest BCUT2D eigenvalue weighted by atomic mass is 10.1.